The van der Waals surface area contributed by atoms with Gasteiger partial charge in [0.1, 0.15) is 0 Å². The first-order valence-corrected chi connectivity index (χ1v) is 9.21. The fourth-order valence-corrected chi connectivity index (χ4v) is 4.24. The second-order valence-corrected chi connectivity index (χ2v) is 7.01. The summed E-state index contributed by atoms with van der Waals surface area (Å²) in [6.07, 6.45) is 3.39. The lowest BCUT2D eigenvalue weighted by Crippen LogP contribution is -2.48. The van der Waals surface area contributed by atoms with Crippen LogP contribution in [0, 0.1) is 0 Å². The highest BCUT2D eigenvalue weighted by Crippen LogP contribution is 2.38. The standard InChI is InChI=1S/C21H27N3/c22-11-5-6-12-23-13-14-24-20-10-4-2-8-18(20)15-17-7-1-3-9-19(17)21(24)16-23/h1-4,7-10,21H,5-6,11-16,22H2/t21-/m0/s1. The van der Waals surface area contributed by atoms with Crippen molar-refractivity contribution in [3.63, 3.8) is 0 Å². The molecule has 126 valence electrons. The molecule has 0 bridgehead atoms. The molecule has 2 N–H and O–H groups in total. The third kappa shape index (κ3) is 2.94. The monoisotopic (exact) mass is 321 g/mol. The van der Waals surface area contributed by atoms with Crippen molar-refractivity contribution in [1.82, 2.24) is 4.90 Å². The molecular formula is C21H27N3. The van der Waals surface area contributed by atoms with Gasteiger partial charge in [-0.3, -0.25) is 4.90 Å². The Bertz CT molecular complexity index is 697. The Kier molecular flexibility index (Phi) is 4.54. The van der Waals surface area contributed by atoms with Gasteiger partial charge in [0.25, 0.3) is 0 Å². The van der Waals surface area contributed by atoms with Crippen molar-refractivity contribution in [1.29, 1.82) is 0 Å². The largest absolute Gasteiger partial charge is 0.362 e. The molecule has 0 aliphatic carbocycles. The fraction of sp³-hybridized carbons (Fsp3) is 0.429. The van der Waals surface area contributed by atoms with E-state index in [2.05, 4.69) is 58.3 Å². The van der Waals surface area contributed by atoms with Crippen LogP contribution in [0.25, 0.3) is 0 Å². The summed E-state index contributed by atoms with van der Waals surface area (Å²) in [5.74, 6) is 0. The molecule has 2 aliphatic heterocycles. The highest BCUT2D eigenvalue weighted by atomic mass is 15.3. The zero-order chi connectivity index (χ0) is 16.4. The average Bonchev–Trinajstić information content (AvgIpc) is 2.76. The number of unbranched alkanes of at least 4 members (excludes halogenated alkanes) is 1. The van der Waals surface area contributed by atoms with Crippen LogP contribution in [-0.4, -0.2) is 37.6 Å². The van der Waals surface area contributed by atoms with E-state index in [4.69, 9.17) is 5.73 Å². The van der Waals surface area contributed by atoms with Gasteiger partial charge in [0, 0.05) is 25.3 Å². The van der Waals surface area contributed by atoms with E-state index >= 15 is 0 Å². The normalized spacial score (nSPS) is 20.0. The van der Waals surface area contributed by atoms with Crippen molar-refractivity contribution in [2.24, 2.45) is 5.73 Å². The highest BCUT2D eigenvalue weighted by molar-refractivity contribution is 5.60. The van der Waals surface area contributed by atoms with E-state index in [1.807, 2.05) is 0 Å². The van der Waals surface area contributed by atoms with E-state index < -0.39 is 0 Å². The second-order valence-electron chi connectivity index (χ2n) is 7.01. The first-order valence-electron chi connectivity index (χ1n) is 9.21. The minimum absolute atomic E-state index is 0.469. The van der Waals surface area contributed by atoms with Gasteiger partial charge in [0.05, 0.1) is 6.04 Å². The zero-order valence-corrected chi connectivity index (χ0v) is 14.3. The Hall–Kier alpha value is -1.84. The van der Waals surface area contributed by atoms with Gasteiger partial charge in [-0.15, -0.1) is 0 Å². The molecule has 24 heavy (non-hydrogen) atoms. The molecule has 0 aromatic heterocycles. The molecule has 0 radical (unpaired) electrons. The summed E-state index contributed by atoms with van der Waals surface area (Å²) in [5.41, 5.74) is 11.6. The van der Waals surface area contributed by atoms with Gasteiger partial charge in [0.2, 0.25) is 0 Å². The number of fused-ring (bicyclic) bond motifs is 5. The summed E-state index contributed by atoms with van der Waals surface area (Å²) in [6, 6.07) is 18.4. The van der Waals surface area contributed by atoms with Crippen LogP contribution in [0.15, 0.2) is 48.5 Å². The first-order chi connectivity index (χ1) is 11.9. The van der Waals surface area contributed by atoms with Crippen LogP contribution in [0.5, 0.6) is 0 Å². The molecule has 0 saturated carbocycles. The summed E-state index contributed by atoms with van der Waals surface area (Å²) in [4.78, 5) is 5.27. The molecule has 2 aromatic rings. The van der Waals surface area contributed by atoms with Gasteiger partial charge < -0.3 is 10.6 Å². The molecule has 2 heterocycles. The number of nitrogens with zero attached hydrogens (tertiary/aromatic N) is 2. The quantitative estimate of drug-likeness (QED) is 0.878. The van der Waals surface area contributed by atoms with Crippen LogP contribution in [0.2, 0.25) is 0 Å². The topological polar surface area (TPSA) is 32.5 Å². The second kappa shape index (κ2) is 6.96. The molecule has 3 heteroatoms. The molecule has 2 aromatic carbocycles. The maximum absolute atomic E-state index is 5.66. The van der Waals surface area contributed by atoms with Gasteiger partial charge in [-0.2, -0.15) is 0 Å². The van der Waals surface area contributed by atoms with Gasteiger partial charge in [0.15, 0.2) is 0 Å². The van der Waals surface area contributed by atoms with E-state index in [9.17, 15) is 0 Å². The Morgan fingerprint density at radius 3 is 2.58 bits per heavy atom. The summed E-state index contributed by atoms with van der Waals surface area (Å²) in [5, 5.41) is 0. The SMILES string of the molecule is NCCCCN1CCN2c3ccccc3Cc3ccccc3[C@@H]2C1. The summed E-state index contributed by atoms with van der Waals surface area (Å²) < 4.78 is 0. The number of hydrogen-bond acceptors (Lipinski definition) is 3. The minimum atomic E-state index is 0.469. The predicted octanol–water partition coefficient (Wildman–Crippen LogP) is 3.19. The lowest BCUT2D eigenvalue weighted by molar-refractivity contribution is 0.220. The number of hydrogen-bond donors (Lipinski definition) is 1. The molecule has 3 nitrogen and oxygen atoms in total. The lowest BCUT2D eigenvalue weighted by Gasteiger charge is -2.43. The van der Waals surface area contributed by atoms with Crippen LogP contribution < -0.4 is 10.6 Å². The van der Waals surface area contributed by atoms with Gasteiger partial charge >= 0.3 is 0 Å². The van der Waals surface area contributed by atoms with Crippen LogP contribution in [0.1, 0.15) is 35.6 Å². The van der Waals surface area contributed by atoms with Crippen LogP contribution in [0.4, 0.5) is 5.69 Å². The summed E-state index contributed by atoms with van der Waals surface area (Å²) in [7, 11) is 0. The van der Waals surface area contributed by atoms with Crippen LogP contribution in [-0.2, 0) is 6.42 Å². The van der Waals surface area contributed by atoms with E-state index in [-0.39, 0.29) is 0 Å². The molecule has 1 fully saturated rings. The number of rotatable bonds is 4. The van der Waals surface area contributed by atoms with Crippen molar-refractivity contribution in [2.45, 2.75) is 25.3 Å². The average molecular weight is 321 g/mol. The number of nitrogens with two attached hydrogens (primary N) is 1. The molecule has 2 aliphatic rings. The van der Waals surface area contributed by atoms with Crippen molar-refractivity contribution in [3.05, 3.63) is 65.2 Å². The van der Waals surface area contributed by atoms with Crippen molar-refractivity contribution in [3.8, 4) is 0 Å². The molecule has 1 atom stereocenters. The van der Waals surface area contributed by atoms with E-state index in [0.29, 0.717) is 6.04 Å². The molecule has 0 amide bonds. The molecule has 1 saturated heterocycles. The number of benzene rings is 2. The molecule has 4 rings (SSSR count). The van der Waals surface area contributed by atoms with Gasteiger partial charge in [-0.25, -0.2) is 0 Å². The number of anilines is 1. The predicted molar refractivity (Wildman–Crippen MR) is 101 cm³/mol. The summed E-state index contributed by atoms with van der Waals surface area (Å²) in [6.45, 7) is 5.36. The van der Waals surface area contributed by atoms with Crippen LogP contribution >= 0.6 is 0 Å². The lowest BCUT2D eigenvalue weighted by atomic mass is 9.96. The number of piperazine rings is 1. The van der Waals surface area contributed by atoms with Gasteiger partial charge in [-0.1, -0.05) is 42.5 Å². The molecular weight excluding hydrogens is 294 g/mol. The van der Waals surface area contributed by atoms with E-state index in [0.717, 1.165) is 39.0 Å². The van der Waals surface area contributed by atoms with E-state index in [1.54, 1.807) is 0 Å². The van der Waals surface area contributed by atoms with Crippen molar-refractivity contribution in [2.75, 3.05) is 37.6 Å². The highest BCUT2D eigenvalue weighted by Gasteiger charge is 2.32. The molecule has 0 unspecified atom stereocenters. The zero-order valence-electron chi connectivity index (χ0n) is 14.3. The third-order valence-electron chi connectivity index (χ3n) is 5.49. The first kappa shape index (κ1) is 15.7. The minimum Gasteiger partial charge on any atom is -0.362 e. The van der Waals surface area contributed by atoms with E-state index in [1.165, 1.54) is 35.3 Å². The Morgan fingerprint density at radius 1 is 0.917 bits per heavy atom. The smallest absolute Gasteiger partial charge is 0.0672 e. The maximum Gasteiger partial charge on any atom is 0.0672 e. The summed E-state index contributed by atoms with van der Waals surface area (Å²) >= 11 is 0. The van der Waals surface area contributed by atoms with Crippen molar-refractivity contribution >= 4 is 5.69 Å². The maximum atomic E-state index is 5.66. The fourth-order valence-electron chi connectivity index (χ4n) is 4.24. The third-order valence-corrected chi connectivity index (χ3v) is 5.49. The Labute approximate surface area is 145 Å². The molecule has 0 spiro atoms. The Balaban J connectivity index is 1.66. The van der Waals surface area contributed by atoms with Crippen LogP contribution in [0.3, 0.4) is 0 Å². The number of para-hydroxylation sites is 1. The van der Waals surface area contributed by atoms with Gasteiger partial charge in [-0.05, 0) is 55.1 Å². The Morgan fingerprint density at radius 2 is 1.71 bits per heavy atom. The van der Waals surface area contributed by atoms with Crippen molar-refractivity contribution < 1.29 is 0 Å².